The minimum atomic E-state index is -3.35. The van der Waals surface area contributed by atoms with Crippen molar-refractivity contribution in [1.29, 1.82) is 0 Å². The second-order valence-corrected chi connectivity index (χ2v) is 4.79. The van der Waals surface area contributed by atoms with Crippen molar-refractivity contribution in [2.45, 2.75) is 25.7 Å². The smallest absolute Gasteiger partial charge is 0.330 e. The van der Waals surface area contributed by atoms with Gasteiger partial charge in [0, 0.05) is 0 Å². The monoisotopic (exact) mass is 239 g/mol. The van der Waals surface area contributed by atoms with E-state index in [0.29, 0.717) is 26.3 Å². The first kappa shape index (κ1) is 15.0. The van der Waals surface area contributed by atoms with Gasteiger partial charge in [0.25, 0.3) is 0 Å². The number of hydrogen-bond donors (Lipinski definition) is 3. The predicted molar refractivity (Wildman–Crippen MR) is 60.3 cm³/mol. The molecule has 0 aromatic rings. The summed E-state index contributed by atoms with van der Waals surface area (Å²) in [5.41, 5.74) is 15.9. The normalized spacial score (nSPS) is 11.9. The van der Waals surface area contributed by atoms with Crippen LogP contribution in [0.15, 0.2) is 0 Å². The van der Waals surface area contributed by atoms with Crippen molar-refractivity contribution in [3.05, 3.63) is 0 Å². The highest BCUT2D eigenvalue weighted by molar-refractivity contribution is 7.51. The maximum Gasteiger partial charge on any atom is 0.402 e. The number of hydrogen-bond acceptors (Lipinski definition) is 5. The molecule has 0 bridgehead atoms. The topological polar surface area (TPSA) is 114 Å². The van der Waals surface area contributed by atoms with Crippen LogP contribution in [-0.2, 0) is 13.6 Å². The highest BCUT2D eigenvalue weighted by Gasteiger charge is 2.16. The molecule has 0 amide bonds. The Hall–Kier alpha value is 0.0300. The van der Waals surface area contributed by atoms with E-state index in [1.165, 1.54) is 0 Å². The van der Waals surface area contributed by atoms with Gasteiger partial charge in [0.15, 0.2) is 0 Å². The zero-order chi connectivity index (χ0) is 11.6. The van der Waals surface area contributed by atoms with Crippen LogP contribution in [0, 0.1) is 0 Å². The number of rotatable bonds is 10. The molecule has 0 radical (unpaired) electrons. The summed E-state index contributed by atoms with van der Waals surface area (Å²) >= 11 is 0. The molecule has 0 spiro atoms. The Bertz CT molecular complexity index is 176. The SMILES string of the molecule is NCCCCOP(N)(=O)OCCCCN. The van der Waals surface area contributed by atoms with Gasteiger partial charge in [-0.2, -0.15) is 0 Å². The Balaban J connectivity index is 3.45. The molecule has 0 aliphatic rings. The van der Waals surface area contributed by atoms with Crippen molar-refractivity contribution in [3.8, 4) is 0 Å². The second kappa shape index (κ2) is 9.27. The summed E-state index contributed by atoms with van der Waals surface area (Å²) in [6.45, 7) is 1.83. The Kier molecular flexibility index (Phi) is 9.29. The van der Waals surface area contributed by atoms with Crippen LogP contribution in [0.4, 0.5) is 0 Å². The van der Waals surface area contributed by atoms with Crippen molar-refractivity contribution < 1.29 is 13.6 Å². The van der Waals surface area contributed by atoms with E-state index in [-0.39, 0.29) is 0 Å². The summed E-state index contributed by atoms with van der Waals surface area (Å²) in [5, 5.41) is 0. The average molecular weight is 239 g/mol. The summed E-state index contributed by atoms with van der Waals surface area (Å²) in [6, 6.07) is 0. The zero-order valence-electron chi connectivity index (χ0n) is 9.06. The molecule has 15 heavy (non-hydrogen) atoms. The highest BCUT2D eigenvalue weighted by atomic mass is 31.2. The van der Waals surface area contributed by atoms with Crippen LogP contribution in [0.1, 0.15) is 25.7 Å². The van der Waals surface area contributed by atoms with Gasteiger partial charge in [-0.05, 0) is 38.8 Å². The van der Waals surface area contributed by atoms with Gasteiger partial charge in [0.1, 0.15) is 0 Å². The van der Waals surface area contributed by atoms with Crippen LogP contribution in [-0.4, -0.2) is 26.3 Å². The molecule has 0 aliphatic carbocycles. The van der Waals surface area contributed by atoms with E-state index in [4.69, 9.17) is 26.0 Å². The van der Waals surface area contributed by atoms with Gasteiger partial charge in [-0.15, -0.1) is 0 Å². The fraction of sp³-hybridized carbons (Fsp3) is 1.00. The van der Waals surface area contributed by atoms with Gasteiger partial charge >= 0.3 is 7.75 Å². The van der Waals surface area contributed by atoms with Crippen LogP contribution in [0.25, 0.3) is 0 Å². The van der Waals surface area contributed by atoms with E-state index in [2.05, 4.69) is 0 Å². The van der Waals surface area contributed by atoms with Crippen molar-refractivity contribution in [2.24, 2.45) is 17.0 Å². The molecule has 92 valence electrons. The molecular formula is C8H22N3O3P. The molecule has 7 heteroatoms. The van der Waals surface area contributed by atoms with E-state index in [1.807, 2.05) is 0 Å². The third-order valence-electron chi connectivity index (χ3n) is 1.74. The van der Waals surface area contributed by atoms with Crippen LogP contribution < -0.4 is 17.0 Å². The zero-order valence-corrected chi connectivity index (χ0v) is 9.96. The molecule has 0 aliphatic heterocycles. The molecule has 6 N–H and O–H groups in total. The summed E-state index contributed by atoms with van der Waals surface area (Å²) in [7, 11) is -3.35. The van der Waals surface area contributed by atoms with Crippen LogP contribution in [0.2, 0.25) is 0 Å². The van der Waals surface area contributed by atoms with E-state index in [0.717, 1.165) is 25.7 Å². The van der Waals surface area contributed by atoms with Gasteiger partial charge in [0.05, 0.1) is 13.2 Å². The molecule has 0 saturated carbocycles. The Morgan fingerprint density at radius 3 is 1.60 bits per heavy atom. The second-order valence-electron chi connectivity index (χ2n) is 3.20. The fourth-order valence-electron chi connectivity index (χ4n) is 0.914. The summed E-state index contributed by atoms with van der Waals surface area (Å²) < 4.78 is 21.3. The minimum Gasteiger partial charge on any atom is -0.330 e. The maximum absolute atomic E-state index is 11.4. The molecule has 0 aromatic carbocycles. The van der Waals surface area contributed by atoms with Gasteiger partial charge in [-0.1, -0.05) is 0 Å². The minimum absolute atomic E-state index is 0.321. The lowest BCUT2D eigenvalue weighted by Crippen LogP contribution is -2.08. The summed E-state index contributed by atoms with van der Waals surface area (Å²) in [4.78, 5) is 0. The van der Waals surface area contributed by atoms with Gasteiger partial charge in [-0.25, -0.2) is 10.1 Å². The highest BCUT2D eigenvalue weighted by Crippen LogP contribution is 2.39. The molecule has 0 heterocycles. The number of nitrogens with two attached hydrogens (primary N) is 3. The standard InChI is InChI=1S/C8H22N3O3P/c9-5-1-3-7-13-15(11,12)14-8-4-2-6-10/h1-10H2,(H2,11,12). The molecule has 0 saturated heterocycles. The molecule has 0 aromatic heterocycles. The van der Waals surface area contributed by atoms with Gasteiger partial charge in [-0.3, -0.25) is 9.05 Å². The van der Waals surface area contributed by atoms with Crippen LogP contribution >= 0.6 is 7.75 Å². The Labute approximate surface area is 91.1 Å². The Morgan fingerprint density at radius 2 is 1.27 bits per heavy atom. The first-order valence-electron chi connectivity index (χ1n) is 5.20. The number of unbranched alkanes of at least 4 members (excludes halogenated alkanes) is 2. The summed E-state index contributed by atoms with van der Waals surface area (Å²) in [5.74, 6) is 0. The molecule has 6 nitrogen and oxygen atoms in total. The third-order valence-corrected chi connectivity index (χ3v) is 2.82. The molecule has 0 atom stereocenters. The Morgan fingerprint density at radius 1 is 0.867 bits per heavy atom. The van der Waals surface area contributed by atoms with Gasteiger partial charge < -0.3 is 11.5 Å². The average Bonchev–Trinajstić information content (AvgIpc) is 2.20. The predicted octanol–water partition coefficient (Wildman–Crippen LogP) is 0.564. The lowest BCUT2D eigenvalue weighted by atomic mass is 10.3. The van der Waals surface area contributed by atoms with E-state index in [1.54, 1.807) is 0 Å². The van der Waals surface area contributed by atoms with E-state index < -0.39 is 7.75 Å². The summed E-state index contributed by atoms with van der Waals surface area (Å²) in [6.07, 6.45) is 3.13. The molecule has 0 unspecified atom stereocenters. The molecular weight excluding hydrogens is 217 g/mol. The quantitative estimate of drug-likeness (QED) is 0.379. The first-order valence-corrected chi connectivity index (χ1v) is 6.81. The molecule has 0 rings (SSSR count). The van der Waals surface area contributed by atoms with Crippen LogP contribution in [0.5, 0.6) is 0 Å². The van der Waals surface area contributed by atoms with Crippen molar-refractivity contribution in [2.75, 3.05) is 26.3 Å². The largest absolute Gasteiger partial charge is 0.402 e. The van der Waals surface area contributed by atoms with Crippen molar-refractivity contribution >= 4 is 7.75 Å². The van der Waals surface area contributed by atoms with E-state index >= 15 is 0 Å². The van der Waals surface area contributed by atoms with Crippen molar-refractivity contribution in [1.82, 2.24) is 0 Å². The fourth-order valence-corrected chi connectivity index (χ4v) is 1.76. The lowest BCUT2D eigenvalue weighted by molar-refractivity contribution is 0.199. The van der Waals surface area contributed by atoms with Crippen molar-refractivity contribution in [3.63, 3.8) is 0 Å². The molecule has 0 fully saturated rings. The third kappa shape index (κ3) is 10.3. The van der Waals surface area contributed by atoms with E-state index in [9.17, 15) is 4.57 Å². The lowest BCUT2D eigenvalue weighted by Gasteiger charge is -2.13. The van der Waals surface area contributed by atoms with Gasteiger partial charge in [0.2, 0.25) is 0 Å². The first-order chi connectivity index (χ1) is 7.12. The maximum atomic E-state index is 11.4. The van der Waals surface area contributed by atoms with Crippen LogP contribution in [0.3, 0.4) is 0 Å².